The van der Waals surface area contributed by atoms with Crippen LogP contribution in [0.5, 0.6) is 0 Å². The van der Waals surface area contributed by atoms with E-state index in [1.165, 1.54) is 19.1 Å². The van der Waals surface area contributed by atoms with Crippen LogP contribution in [-0.4, -0.2) is 25.8 Å². The summed E-state index contributed by atoms with van der Waals surface area (Å²) in [7, 11) is -2.82. The molecule has 3 unspecified atom stereocenters. The Bertz CT molecular complexity index is 324. The zero-order valence-electron chi connectivity index (χ0n) is 11.2. The Morgan fingerprint density at radius 2 is 1.94 bits per heavy atom. The van der Waals surface area contributed by atoms with Crippen LogP contribution in [0.15, 0.2) is 0 Å². The Kier molecular flexibility index (Phi) is 5.78. The lowest BCUT2D eigenvalue weighted by molar-refractivity contribution is 0.210. The molecule has 102 valence electrons. The zero-order chi connectivity index (χ0) is 13.1. The van der Waals surface area contributed by atoms with Gasteiger partial charge in [-0.1, -0.05) is 13.8 Å². The van der Waals surface area contributed by atoms with Crippen LogP contribution in [0.3, 0.4) is 0 Å². The molecule has 3 atom stereocenters. The first-order valence-corrected chi connectivity index (χ1v) is 9.11. The standard InChI is InChI=1S/C13H25ClO2S/c1-10(2)11-6-7-13(14)12(9-11)5-4-8-17(3,15)16/h10-13H,4-9H2,1-3H3. The first-order chi connectivity index (χ1) is 7.79. The third kappa shape index (κ3) is 5.60. The fourth-order valence-corrected chi connectivity index (χ4v) is 3.82. The minimum Gasteiger partial charge on any atom is -0.229 e. The van der Waals surface area contributed by atoms with E-state index in [0.29, 0.717) is 11.7 Å². The molecule has 1 saturated carbocycles. The molecule has 1 aliphatic carbocycles. The highest BCUT2D eigenvalue weighted by molar-refractivity contribution is 7.90. The molecule has 0 aromatic rings. The van der Waals surface area contributed by atoms with E-state index in [4.69, 9.17) is 11.6 Å². The Hall–Kier alpha value is 0.240. The second-order valence-corrected chi connectivity index (χ2v) is 8.69. The third-order valence-corrected chi connectivity index (χ3v) is 5.57. The molecule has 0 N–H and O–H groups in total. The summed E-state index contributed by atoms with van der Waals surface area (Å²) in [4.78, 5) is 0. The van der Waals surface area contributed by atoms with Crippen molar-refractivity contribution < 1.29 is 8.42 Å². The van der Waals surface area contributed by atoms with Crippen molar-refractivity contribution in [2.75, 3.05) is 12.0 Å². The molecule has 0 amide bonds. The largest absolute Gasteiger partial charge is 0.229 e. The van der Waals surface area contributed by atoms with Crippen molar-refractivity contribution in [2.24, 2.45) is 17.8 Å². The van der Waals surface area contributed by atoms with Crippen molar-refractivity contribution >= 4 is 21.4 Å². The monoisotopic (exact) mass is 280 g/mol. The Morgan fingerprint density at radius 1 is 1.29 bits per heavy atom. The lowest BCUT2D eigenvalue weighted by Gasteiger charge is -2.35. The highest BCUT2D eigenvalue weighted by atomic mass is 35.5. The van der Waals surface area contributed by atoms with Gasteiger partial charge in [-0.2, -0.15) is 0 Å². The van der Waals surface area contributed by atoms with Gasteiger partial charge in [-0.15, -0.1) is 11.6 Å². The van der Waals surface area contributed by atoms with Gasteiger partial charge in [0.1, 0.15) is 9.84 Å². The number of sulfone groups is 1. The maximum Gasteiger partial charge on any atom is 0.147 e. The summed E-state index contributed by atoms with van der Waals surface area (Å²) in [5, 5.41) is 0.254. The quantitative estimate of drug-likeness (QED) is 0.723. The SMILES string of the molecule is CC(C)C1CCC(Cl)C(CCCS(C)(=O)=O)C1. The van der Waals surface area contributed by atoms with Crippen LogP contribution >= 0.6 is 11.6 Å². The van der Waals surface area contributed by atoms with Gasteiger partial charge >= 0.3 is 0 Å². The second kappa shape index (κ2) is 6.42. The smallest absolute Gasteiger partial charge is 0.147 e. The van der Waals surface area contributed by atoms with E-state index in [1.807, 2.05) is 0 Å². The minimum atomic E-state index is -2.82. The highest BCUT2D eigenvalue weighted by Crippen LogP contribution is 2.38. The number of rotatable bonds is 5. The molecule has 1 fully saturated rings. The number of alkyl halides is 1. The van der Waals surface area contributed by atoms with Crippen LogP contribution in [0.4, 0.5) is 0 Å². The van der Waals surface area contributed by atoms with Crippen LogP contribution in [0, 0.1) is 17.8 Å². The maximum absolute atomic E-state index is 11.1. The minimum absolute atomic E-state index is 0.254. The molecule has 0 saturated heterocycles. The number of halogens is 1. The Balaban J connectivity index is 2.40. The van der Waals surface area contributed by atoms with Gasteiger partial charge in [0.25, 0.3) is 0 Å². The summed E-state index contributed by atoms with van der Waals surface area (Å²) in [6, 6.07) is 0. The van der Waals surface area contributed by atoms with Crippen LogP contribution in [0.1, 0.15) is 46.0 Å². The summed E-state index contributed by atoms with van der Waals surface area (Å²) in [6.45, 7) is 4.54. The van der Waals surface area contributed by atoms with Gasteiger partial charge in [-0.05, 0) is 49.9 Å². The molecule has 0 heterocycles. The molecule has 0 aliphatic heterocycles. The topological polar surface area (TPSA) is 34.1 Å². The molecular formula is C13H25ClO2S. The third-order valence-electron chi connectivity index (χ3n) is 3.96. The van der Waals surface area contributed by atoms with Crippen molar-refractivity contribution in [1.29, 1.82) is 0 Å². The second-order valence-electron chi connectivity index (χ2n) is 5.87. The Morgan fingerprint density at radius 3 is 2.47 bits per heavy atom. The van der Waals surface area contributed by atoms with Crippen LogP contribution in [0.2, 0.25) is 0 Å². The molecule has 1 rings (SSSR count). The molecule has 0 aromatic carbocycles. The van der Waals surface area contributed by atoms with Gasteiger partial charge < -0.3 is 0 Å². The van der Waals surface area contributed by atoms with E-state index >= 15 is 0 Å². The van der Waals surface area contributed by atoms with Crippen LogP contribution < -0.4 is 0 Å². The number of hydrogen-bond acceptors (Lipinski definition) is 2. The van der Waals surface area contributed by atoms with Crippen molar-refractivity contribution in [3.8, 4) is 0 Å². The predicted molar refractivity (Wildman–Crippen MR) is 74.3 cm³/mol. The molecule has 2 nitrogen and oxygen atoms in total. The van der Waals surface area contributed by atoms with Gasteiger partial charge in [0.05, 0.1) is 0 Å². The van der Waals surface area contributed by atoms with Gasteiger partial charge in [0, 0.05) is 17.4 Å². The van der Waals surface area contributed by atoms with Gasteiger partial charge in [-0.3, -0.25) is 0 Å². The van der Waals surface area contributed by atoms with Crippen molar-refractivity contribution in [2.45, 2.75) is 51.3 Å². The molecular weight excluding hydrogens is 256 g/mol. The first kappa shape index (κ1) is 15.3. The fraction of sp³-hybridized carbons (Fsp3) is 1.00. The Labute approximate surface area is 111 Å². The zero-order valence-corrected chi connectivity index (χ0v) is 12.7. The lowest BCUT2D eigenvalue weighted by atomic mass is 9.74. The van der Waals surface area contributed by atoms with Crippen molar-refractivity contribution in [3.05, 3.63) is 0 Å². The lowest BCUT2D eigenvalue weighted by Crippen LogP contribution is -2.28. The summed E-state index contributed by atoms with van der Waals surface area (Å²) in [5.41, 5.74) is 0. The molecule has 0 aromatic heterocycles. The average molecular weight is 281 g/mol. The summed E-state index contributed by atoms with van der Waals surface area (Å²) in [5.74, 6) is 2.31. The van der Waals surface area contributed by atoms with E-state index in [2.05, 4.69) is 13.8 Å². The first-order valence-electron chi connectivity index (χ1n) is 6.61. The summed E-state index contributed by atoms with van der Waals surface area (Å²) >= 11 is 6.35. The van der Waals surface area contributed by atoms with Crippen LogP contribution in [0.25, 0.3) is 0 Å². The molecule has 1 aliphatic rings. The van der Waals surface area contributed by atoms with Gasteiger partial charge in [0.15, 0.2) is 0 Å². The van der Waals surface area contributed by atoms with E-state index in [9.17, 15) is 8.42 Å². The van der Waals surface area contributed by atoms with Gasteiger partial charge in [0.2, 0.25) is 0 Å². The molecule has 0 bridgehead atoms. The summed E-state index contributed by atoms with van der Waals surface area (Å²) in [6.07, 6.45) is 6.53. The maximum atomic E-state index is 11.1. The number of hydrogen-bond donors (Lipinski definition) is 0. The van der Waals surface area contributed by atoms with Crippen molar-refractivity contribution in [1.82, 2.24) is 0 Å². The molecule has 0 spiro atoms. The van der Waals surface area contributed by atoms with E-state index < -0.39 is 9.84 Å². The molecule has 4 heteroatoms. The predicted octanol–water partition coefficient (Wildman–Crippen LogP) is 3.49. The van der Waals surface area contributed by atoms with Crippen molar-refractivity contribution in [3.63, 3.8) is 0 Å². The van der Waals surface area contributed by atoms with Gasteiger partial charge in [-0.25, -0.2) is 8.42 Å². The van der Waals surface area contributed by atoms with E-state index in [-0.39, 0.29) is 5.38 Å². The molecule has 0 radical (unpaired) electrons. The van der Waals surface area contributed by atoms with E-state index in [0.717, 1.165) is 31.1 Å². The average Bonchev–Trinajstić information content (AvgIpc) is 2.18. The summed E-state index contributed by atoms with van der Waals surface area (Å²) < 4.78 is 22.2. The van der Waals surface area contributed by atoms with E-state index in [1.54, 1.807) is 0 Å². The normalized spacial score (nSPS) is 30.8. The molecule has 17 heavy (non-hydrogen) atoms. The highest BCUT2D eigenvalue weighted by Gasteiger charge is 2.30. The fourth-order valence-electron chi connectivity index (χ4n) is 2.78. The van der Waals surface area contributed by atoms with Crippen LogP contribution in [-0.2, 0) is 9.84 Å².